The van der Waals surface area contributed by atoms with Crippen LogP contribution in [0.2, 0.25) is 0 Å². The van der Waals surface area contributed by atoms with Gasteiger partial charge in [-0.05, 0) is 19.8 Å². The monoisotopic (exact) mass is 413 g/mol. The summed E-state index contributed by atoms with van der Waals surface area (Å²) in [5.74, 6) is -0.101. The minimum atomic E-state index is -0.821. The zero-order valence-electron chi connectivity index (χ0n) is 17.2. The number of nitrogens with zero attached hydrogens (tertiary/aromatic N) is 3. The summed E-state index contributed by atoms with van der Waals surface area (Å²) in [4.78, 5) is 23.8. The molecule has 9 nitrogen and oxygen atoms in total. The number of fused-ring (bicyclic) bond motifs is 8. The first kappa shape index (κ1) is 18.4. The van der Waals surface area contributed by atoms with Gasteiger partial charge in [0.1, 0.15) is 12.4 Å². The summed E-state index contributed by atoms with van der Waals surface area (Å²) in [6.45, 7) is 2.69. The number of carbonyl (C=O) groups is 1. The van der Waals surface area contributed by atoms with Crippen molar-refractivity contribution in [2.45, 2.75) is 68.4 Å². The van der Waals surface area contributed by atoms with Crippen molar-refractivity contribution in [3.63, 3.8) is 0 Å². The molecule has 1 saturated carbocycles. The number of primary amides is 1. The van der Waals surface area contributed by atoms with E-state index >= 15 is 0 Å². The van der Waals surface area contributed by atoms with E-state index in [1.54, 1.807) is 7.11 Å². The van der Waals surface area contributed by atoms with Crippen LogP contribution in [0.5, 0.6) is 5.75 Å². The summed E-state index contributed by atoms with van der Waals surface area (Å²) in [5.41, 5.74) is 6.94. The fourth-order valence-electron chi connectivity index (χ4n) is 6.32. The smallest absolute Gasteiger partial charge is 0.404 e. The molecule has 5 aliphatic rings. The van der Waals surface area contributed by atoms with E-state index in [1.807, 2.05) is 6.92 Å². The second-order valence-electron chi connectivity index (χ2n) is 9.11. The van der Waals surface area contributed by atoms with Gasteiger partial charge in [-0.3, -0.25) is 9.98 Å². The second-order valence-corrected chi connectivity index (χ2v) is 9.11. The average Bonchev–Trinajstić information content (AvgIpc) is 3.35. The molecule has 3 fully saturated rings. The quantitative estimate of drug-likeness (QED) is 0.596. The first-order valence-electron chi connectivity index (χ1n) is 10.8. The normalized spacial score (nSPS) is 37.1. The van der Waals surface area contributed by atoms with Crippen molar-refractivity contribution in [1.29, 1.82) is 0 Å². The van der Waals surface area contributed by atoms with Crippen LogP contribution in [-0.4, -0.2) is 61.4 Å². The molecule has 1 aromatic rings. The molecule has 6 atom stereocenters. The number of hydrogen-bond donors (Lipinski definition) is 3. The van der Waals surface area contributed by atoms with Crippen LogP contribution in [0.15, 0.2) is 9.98 Å². The highest BCUT2D eigenvalue weighted by Crippen LogP contribution is 2.58. The van der Waals surface area contributed by atoms with Gasteiger partial charge in [-0.25, -0.2) is 4.79 Å². The van der Waals surface area contributed by atoms with Crippen molar-refractivity contribution < 1.29 is 19.4 Å². The van der Waals surface area contributed by atoms with Crippen molar-refractivity contribution in [2.75, 3.05) is 25.2 Å². The average molecular weight is 413 g/mol. The molecule has 1 amide bonds. The first-order valence-corrected chi connectivity index (χ1v) is 10.8. The van der Waals surface area contributed by atoms with Crippen LogP contribution in [0.1, 0.15) is 42.7 Å². The third-order valence-corrected chi connectivity index (χ3v) is 7.72. The van der Waals surface area contributed by atoms with Gasteiger partial charge in [-0.2, -0.15) is 0 Å². The molecule has 160 valence electrons. The van der Waals surface area contributed by atoms with Gasteiger partial charge in [0.15, 0.2) is 5.72 Å². The Kier molecular flexibility index (Phi) is 3.72. The highest BCUT2D eigenvalue weighted by molar-refractivity contribution is 5.75. The lowest BCUT2D eigenvalue weighted by Gasteiger charge is -2.38. The molecule has 4 heterocycles. The fraction of sp³-hybridized carbons (Fsp3) is 0.667. The maximum Gasteiger partial charge on any atom is 0.404 e. The number of phenols is 1. The molecule has 4 aliphatic heterocycles. The predicted molar refractivity (Wildman–Crippen MR) is 107 cm³/mol. The number of aromatic hydroxyl groups is 1. The van der Waals surface area contributed by atoms with Gasteiger partial charge in [0.25, 0.3) is 0 Å². The van der Waals surface area contributed by atoms with E-state index < -0.39 is 11.8 Å². The highest BCUT2D eigenvalue weighted by Gasteiger charge is 2.71. The molecule has 1 aliphatic carbocycles. The van der Waals surface area contributed by atoms with E-state index in [1.165, 1.54) is 0 Å². The Hall–Kier alpha value is -2.39. The van der Waals surface area contributed by atoms with Gasteiger partial charge in [-0.15, -0.1) is 0 Å². The maximum atomic E-state index is 11.5. The van der Waals surface area contributed by atoms with Gasteiger partial charge in [-0.1, -0.05) is 12.8 Å². The minimum Gasteiger partial charge on any atom is -0.505 e. The Labute approximate surface area is 173 Å². The van der Waals surface area contributed by atoms with Crippen molar-refractivity contribution in [3.8, 4) is 5.75 Å². The van der Waals surface area contributed by atoms with Gasteiger partial charge in [0.05, 0.1) is 40.4 Å². The number of nitrogens with one attached hydrogen (secondary N) is 1. The molecular weight excluding hydrogens is 386 g/mol. The molecule has 6 rings (SSSR count). The molecule has 2 saturated heterocycles. The number of rotatable bonds is 3. The van der Waals surface area contributed by atoms with Crippen LogP contribution in [0.3, 0.4) is 0 Å². The number of methoxy groups -OCH3 is 1. The summed E-state index contributed by atoms with van der Waals surface area (Å²) in [6.07, 6.45) is 3.55. The maximum absolute atomic E-state index is 11.5. The van der Waals surface area contributed by atoms with Crippen molar-refractivity contribution in [1.82, 2.24) is 5.32 Å². The topological polar surface area (TPSA) is 132 Å². The number of piperazine rings is 1. The first-order chi connectivity index (χ1) is 14.5. The van der Waals surface area contributed by atoms with E-state index in [-0.39, 0.29) is 42.4 Å². The summed E-state index contributed by atoms with van der Waals surface area (Å²) in [6, 6.07) is 0.719. The Balaban J connectivity index is 1.62. The van der Waals surface area contributed by atoms with Crippen LogP contribution < -0.4 is 26.7 Å². The van der Waals surface area contributed by atoms with Gasteiger partial charge >= 0.3 is 6.09 Å². The predicted octanol–water partition coefficient (Wildman–Crippen LogP) is -0.0398. The molecule has 0 aromatic heterocycles. The number of amides is 1. The van der Waals surface area contributed by atoms with E-state index in [9.17, 15) is 9.90 Å². The number of nitrogens with two attached hydrogens (primary N) is 1. The van der Waals surface area contributed by atoms with Gasteiger partial charge in [0.2, 0.25) is 0 Å². The molecule has 9 heteroatoms. The highest BCUT2D eigenvalue weighted by atomic mass is 16.6. The fourth-order valence-corrected chi connectivity index (χ4v) is 6.32. The van der Waals surface area contributed by atoms with Crippen LogP contribution >= 0.6 is 0 Å². The van der Waals surface area contributed by atoms with Crippen LogP contribution in [-0.2, 0) is 9.47 Å². The largest absolute Gasteiger partial charge is 0.505 e. The summed E-state index contributed by atoms with van der Waals surface area (Å²) < 4.78 is 11.4. The Morgan fingerprint density at radius 3 is 2.67 bits per heavy atom. The standard InChI is InChI=1S/C21H27N5O4/c1-9-15-16(24-12-6-4-3-5-11(12)23-15)14-10(8-30-20(22)28)21(29-2)19-13(25-19)7-26(21)17(14)18(9)27/h10-13,19,25,27H,3-8H2,1-2H3,(H2,22,28)/t10-,11-,12-,13+,19+,21-/m1/s1. The number of anilines is 1. The summed E-state index contributed by atoms with van der Waals surface area (Å²) in [5, 5.41) is 16.3. The zero-order chi connectivity index (χ0) is 20.8. The lowest BCUT2D eigenvalue weighted by Crippen LogP contribution is -2.54. The zero-order valence-corrected chi connectivity index (χ0v) is 17.2. The van der Waals surface area contributed by atoms with Crippen molar-refractivity contribution in [2.24, 2.45) is 15.7 Å². The third-order valence-electron chi connectivity index (χ3n) is 7.72. The lowest BCUT2D eigenvalue weighted by molar-refractivity contribution is -0.0336. The summed E-state index contributed by atoms with van der Waals surface area (Å²) >= 11 is 0. The van der Waals surface area contributed by atoms with E-state index in [0.717, 1.165) is 53.2 Å². The van der Waals surface area contributed by atoms with Crippen molar-refractivity contribution in [3.05, 3.63) is 21.8 Å². The Morgan fingerprint density at radius 1 is 1.30 bits per heavy atom. The lowest BCUT2D eigenvalue weighted by atomic mass is 9.86. The van der Waals surface area contributed by atoms with Gasteiger partial charge in [0, 0.05) is 30.8 Å². The molecule has 0 spiro atoms. The van der Waals surface area contributed by atoms with Gasteiger partial charge < -0.3 is 30.5 Å². The molecular formula is C21H27N5O4. The number of hydrogen-bond acceptors (Lipinski definition) is 8. The van der Waals surface area contributed by atoms with E-state index in [2.05, 4.69) is 10.2 Å². The minimum absolute atomic E-state index is 0.0656. The van der Waals surface area contributed by atoms with E-state index in [4.69, 9.17) is 25.2 Å². The van der Waals surface area contributed by atoms with Crippen LogP contribution in [0.4, 0.5) is 10.5 Å². The molecule has 0 unspecified atom stereocenters. The van der Waals surface area contributed by atoms with Crippen LogP contribution in [0, 0.1) is 6.92 Å². The Morgan fingerprint density at radius 2 is 2.00 bits per heavy atom. The number of carbonyl (C=O) groups excluding carboxylic acids is 1. The third kappa shape index (κ3) is 2.17. The van der Waals surface area contributed by atoms with Crippen LogP contribution in [0.25, 0.3) is 0 Å². The Bertz CT molecular complexity index is 1070. The molecule has 30 heavy (non-hydrogen) atoms. The number of phenolic OH excluding ortho intramolecular Hbond substituents is 1. The van der Waals surface area contributed by atoms with E-state index in [0.29, 0.717) is 6.54 Å². The number of ether oxygens (including phenoxy) is 2. The molecule has 4 N–H and O–H groups in total. The molecule has 0 bridgehead atoms. The SMILES string of the molecule is CO[C@@]12[C@H](COC(N)=O)c3c(c(O)c(C)c4c3=N[C@@H]3CCCC[C@H]3N=4)N1C[C@@H]1N[C@@H]12. The number of benzene rings is 1. The molecule has 1 aromatic carbocycles. The van der Waals surface area contributed by atoms with Crippen molar-refractivity contribution >= 4 is 11.8 Å². The molecule has 0 radical (unpaired) electrons. The summed E-state index contributed by atoms with van der Waals surface area (Å²) in [7, 11) is 1.67. The second kappa shape index (κ2) is 6.07.